The molecule has 1 aromatic heterocycles. The normalized spacial score (nSPS) is 12.8. The third-order valence-electron chi connectivity index (χ3n) is 3.04. The maximum Gasteiger partial charge on any atom is 0.243 e. The van der Waals surface area contributed by atoms with Crippen molar-refractivity contribution >= 4 is 21.4 Å². The number of carbonyl (C=O) groups is 1. The Morgan fingerprint density at radius 3 is 2.78 bits per heavy atom. The van der Waals surface area contributed by atoms with Crippen molar-refractivity contribution in [1.29, 1.82) is 0 Å². The van der Waals surface area contributed by atoms with Gasteiger partial charge in [0.1, 0.15) is 6.04 Å². The molecule has 9 heteroatoms. The predicted octanol–water partition coefficient (Wildman–Crippen LogP) is 0.188. The summed E-state index contributed by atoms with van der Waals surface area (Å²) >= 11 is 0. The molecule has 2 aromatic rings. The Morgan fingerprint density at radius 1 is 1.43 bits per heavy atom. The van der Waals surface area contributed by atoms with Gasteiger partial charge >= 0.3 is 0 Å². The van der Waals surface area contributed by atoms with Gasteiger partial charge in [-0.3, -0.25) is 4.79 Å². The number of benzene rings is 1. The van der Waals surface area contributed by atoms with Crippen molar-refractivity contribution in [3.8, 4) is 5.69 Å². The number of rotatable bonds is 6. The molecule has 124 valence electrons. The summed E-state index contributed by atoms with van der Waals surface area (Å²) < 4.78 is 29.9. The molecule has 1 aromatic carbocycles. The van der Waals surface area contributed by atoms with E-state index >= 15 is 0 Å². The first kappa shape index (κ1) is 17.1. The van der Waals surface area contributed by atoms with Crippen LogP contribution in [0.15, 0.2) is 41.6 Å². The zero-order valence-electron chi connectivity index (χ0n) is 12.8. The average molecular weight is 338 g/mol. The number of methoxy groups -OCH3 is 1. The van der Waals surface area contributed by atoms with E-state index in [1.807, 2.05) is 0 Å². The van der Waals surface area contributed by atoms with Crippen LogP contribution in [0.2, 0.25) is 0 Å². The molecule has 2 rings (SSSR count). The number of hydrogen-bond donors (Lipinski definition) is 2. The highest BCUT2D eigenvalue weighted by molar-refractivity contribution is 7.90. The van der Waals surface area contributed by atoms with E-state index in [0.717, 1.165) is 6.26 Å². The van der Waals surface area contributed by atoms with Crippen molar-refractivity contribution < 1.29 is 17.9 Å². The first-order valence-electron chi connectivity index (χ1n) is 6.72. The van der Waals surface area contributed by atoms with Gasteiger partial charge in [0, 0.05) is 13.4 Å². The fraction of sp³-hybridized carbons (Fsp3) is 0.286. The van der Waals surface area contributed by atoms with Gasteiger partial charge in [-0.25, -0.2) is 13.1 Å². The van der Waals surface area contributed by atoms with E-state index in [1.54, 1.807) is 18.2 Å². The summed E-state index contributed by atoms with van der Waals surface area (Å²) in [5, 5.41) is 6.68. The van der Waals surface area contributed by atoms with Crippen LogP contribution in [0.5, 0.6) is 0 Å². The summed E-state index contributed by atoms with van der Waals surface area (Å²) in [6, 6.07) is 5.67. The molecule has 0 radical (unpaired) electrons. The van der Waals surface area contributed by atoms with E-state index in [9.17, 15) is 13.2 Å². The zero-order chi connectivity index (χ0) is 17.0. The third kappa shape index (κ3) is 4.15. The van der Waals surface area contributed by atoms with E-state index in [2.05, 4.69) is 10.4 Å². The number of para-hydroxylation sites is 1. The molecule has 0 spiro atoms. The van der Waals surface area contributed by atoms with Crippen molar-refractivity contribution in [3.05, 3.63) is 36.7 Å². The number of nitrogens with two attached hydrogens (primary N) is 1. The van der Waals surface area contributed by atoms with Crippen LogP contribution < -0.4 is 11.1 Å². The van der Waals surface area contributed by atoms with Gasteiger partial charge in [0.15, 0.2) is 9.84 Å². The molecule has 1 heterocycles. The van der Waals surface area contributed by atoms with Crippen molar-refractivity contribution in [2.75, 3.05) is 25.3 Å². The molecule has 0 bridgehead atoms. The van der Waals surface area contributed by atoms with Crippen LogP contribution in [0, 0.1) is 0 Å². The first-order chi connectivity index (χ1) is 10.8. The van der Waals surface area contributed by atoms with Gasteiger partial charge in [-0.15, -0.1) is 0 Å². The van der Waals surface area contributed by atoms with Gasteiger partial charge in [0.05, 0.1) is 35.3 Å². The van der Waals surface area contributed by atoms with Gasteiger partial charge in [0.25, 0.3) is 0 Å². The fourth-order valence-electron chi connectivity index (χ4n) is 1.97. The van der Waals surface area contributed by atoms with Crippen molar-refractivity contribution in [2.24, 2.45) is 5.73 Å². The molecule has 1 atom stereocenters. The second kappa shape index (κ2) is 6.90. The molecule has 3 N–H and O–H groups in total. The van der Waals surface area contributed by atoms with Gasteiger partial charge in [-0.2, -0.15) is 5.10 Å². The summed E-state index contributed by atoms with van der Waals surface area (Å²) in [6.07, 6.45) is 4.06. The Morgan fingerprint density at radius 2 is 2.13 bits per heavy atom. The third-order valence-corrected chi connectivity index (χ3v) is 4.19. The summed E-state index contributed by atoms with van der Waals surface area (Å²) in [7, 11) is -1.95. The number of sulfone groups is 1. The number of carbonyl (C=O) groups excluding carboxylic acids is 1. The Hall–Kier alpha value is -2.23. The number of ether oxygens (including phenoxy) is 1. The van der Waals surface area contributed by atoms with Crippen LogP contribution in [-0.2, 0) is 19.4 Å². The van der Waals surface area contributed by atoms with Crippen LogP contribution in [0.1, 0.15) is 0 Å². The van der Waals surface area contributed by atoms with E-state index in [4.69, 9.17) is 10.5 Å². The molecular formula is C14H18N4O4S. The highest BCUT2D eigenvalue weighted by Crippen LogP contribution is 2.20. The van der Waals surface area contributed by atoms with Crippen LogP contribution in [0.25, 0.3) is 5.69 Å². The number of amides is 1. The lowest BCUT2D eigenvalue weighted by Crippen LogP contribution is -2.39. The molecule has 0 aliphatic carbocycles. The largest absolute Gasteiger partial charge is 0.383 e. The minimum atomic E-state index is -3.40. The monoisotopic (exact) mass is 338 g/mol. The van der Waals surface area contributed by atoms with Gasteiger partial charge in [-0.05, 0) is 12.1 Å². The molecule has 0 saturated heterocycles. The molecule has 1 unspecified atom stereocenters. The summed E-state index contributed by atoms with van der Waals surface area (Å²) in [5.41, 5.74) is 6.44. The SMILES string of the molecule is COCC(N)C(=O)Nc1cnn(-c2ccccc2S(C)(=O)=O)c1. The summed E-state index contributed by atoms with van der Waals surface area (Å²) in [5.74, 6) is -0.414. The highest BCUT2D eigenvalue weighted by atomic mass is 32.2. The Balaban J connectivity index is 2.26. The van der Waals surface area contributed by atoms with E-state index in [-0.39, 0.29) is 11.5 Å². The molecule has 0 fully saturated rings. The van der Waals surface area contributed by atoms with Gasteiger partial charge in [-0.1, -0.05) is 12.1 Å². The van der Waals surface area contributed by atoms with Crippen LogP contribution in [0.4, 0.5) is 5.69 Å². The minimum Gasteiger partial charge on any atom is -0.383 e. The second-order valence-corrected chi connectivity index (χ2v) is 6.95. The number of nitrogens with one attached hydrogen (secondary N) is 1. The fourth-order valence-corrected chi connectivity index (χ4v) is 2.84. The second-order valence-electron chi connectivity index (χ2n) is 4.96. The maximum atomic E-state index is 11.8. The quantitative estimate of drug-likeness (QED) is 0.776. The standard InChI is InChI=1S/C14H18N4O4S/c1-22-9-11(15)14(19)17-10-7-16-18(8-10)12-5-3-4-6-13(12)23(2,20)21/h3-8,11H,9,15H2,1-2H3,(H,17,19). The molecule has 23 heavy (non-hydrogen) atoms. The van der Waals surface area contributed by atoms with Crippen molar-refractivity contribution in [3.63, 3.8) is 0 Å². The maximum absolute atomic E-state index is 11.8. The Bertz CT molecular complexity index is 801. The van der Waals surface area contributed by atoms with Crippen LogP contribution >= 0.6 is 0 Å². The number of anilines is 1. The lowest BCUT2D eigenvalue weighted by molar-refractivity contribution is -0.118. The molecular weight excluding hydrogens is 320 g/mol. The lowest BCUT2D eigenvalue weighted by Gasteiger charge is -2.09. The highest BCUT2D eigenvalue weighted by Gasteiger charge is 2.17. The average Bonchev–Trinajstić information content (AvgIpc) is 2.95. The first-order valence-corrected chi connectivity index (χ1v) is 8.61. The molecule has 0 saturated carbocycles. The Labute approximate surface area is 134 Å². The summed E-state index contributed by atoms with van der Waals surface area (Å²) in [4.78, 5) is 12.0. The van der Waals surface area contributed by atoms with Crippen LogP contribution in [-0.4, -0.2) is 50.1 Å². The molecule has 0 aliphatic heterocycles. The number of aromatic nitrogens is 2. The molecule has 1 amide bonds. The van der Waals surface area contributed by atoms with E-state index in [1.165, 1.54) is 30.3 Å². The summed E-state index contributed by atoms with van der Waals surface area (Å²) in [6.45, 7) is 0.0941. The van der Waals surface area contributed by atoms with E-state index in [0.29, 0.717) is 11.4 Å². The van der Waals surface area contributed by atoms with Gasteiger partial charge in [0.2, 0.25) is 5.91 Å². The molecule has 8 nitrogen and oxygen atoms in total. The van der Waals surface area contributed by atoms with Gasteiger partial charge < -0.3 is 15.8 Å². The lowest BCUT2D eigenvalue weighted by atomic mass is 10.3. The predicted molar refractivity (Wildman–Crippen MR) is 85.2 cm³/mol. The van der Waals surface area contributed by atoms with E-state index < -0.39 is 21.8 Å². The topological polar surface area (TPSA) is 116 Å². The minimum absolute atomic E-state index is 0.0941. The van der Waals surface area contributed by atoms with Crippen molar-refractivity contribution in [1.82, 2.24) is 9.78 Å². The number of nitrogens with zero attached hydrogens (tertiary/aromatic N) is 2. The number of hydrogen-bond acceptors (Lipinski definition) is 6. The Kier molecular flexibility index (Phi) is 5.14. The van der Waals surface area contributed by atoms with Crippen molar-refractivity contribution in [2.45, 2.75) is 10.9 Å². The molecule has 0 aliphatic rings. The smallest absolute Gasteiger partial charge is 0.243 e. The zero-order valence-corrected chi connectivity index (χ0v) is 13.6. The van der Waals surface area contributed by atoms with Crippen LogP contribution in [0.3, 0.4) is 0 Å².